The third kappa shape index (κ3) is 2.63. The molecule has 19 heavy (non-hydrogen) atoms. The first-order chi connectivity index (χ1) is 9.05. The quantitative estimate of drug-likeness (QED) is 0.883. The highest BCUT2D eigenvalue weighted by Crippen LogP contribution is 2.37. The van der Waals surface area contributed by atoms with Gasteiger partial charge in [-0.1, -0.05) is 12.1 Å². The van der Waals surface area contributed by atoms with Gasteiger partial charge < -0.3 is 10.1 Å². The van der Waals surface area contributed by atoms with E-state index in [0.29, 0.717) is 6.04 Å². The normalized spacial score (nSPS) is 23.7. The summed E-state index contributed by atoms with van der Waals surface area (Å²) in [4.78, 5) is 2.54. The summed E-state index contributed by atoms with van der Waals surface area (Å²) in [6, 6.07) is 7.24. The van der Waals surface area contributed by atoms with Gasteiger partial charge in [-0.25, -0.2) is 0 Å². The minimum atomic E-state index is -0.0424. The molecule has 0 bridgehead atoms. The fraction of sp³-hybridized carbons (Fsp3) is 0.625. The maximum atomic E-state index is 6.04. The molecule has 1 fully saturated rings. The molecule has 0 aromatic heterocycles. The smallest absolute Gasteiger partial charge is 0.123 e. The Morgan fingerprint density at radius 1 is 1.26 bits per heavy atom. The van der Waals surface area contributed by atoms with E-state index in [2.05, 4.69) is 49.2 Å². The van der Waals surface area contributed by atoms with E-state index in [1.165, 1.54) is 11.1 Å². The lowest BCUT2D eigenvalue weighted by Gasteiger charge is -2.33. The molecule has 1 unspecified atom stereocenters. The number of ether oxygens (including phenoxy) is 1. The van der Waals surface area contributed by atoms with Crippen molar-refractivity contribution in [1.29, 1.82) is 0 Å². The minimum absolute atomic E-state index is 0.0424. The summed E-state index contributed by atoms with van der Waals surface area (Å²) in [5.41, 5.74) is 2.68. The molecule has 2 aliphatic heterocycles. The van der Waals surface area contributed by atoms with Gasteiger partial charge in [-0.3, -0.25) is 4.90 Å². The summed E-state index contributed by atoms with van der Waals surface area (Å²) >= 11 is 0. The Labute approximate surface area is 115 Å². The molecule has 1 N–H and O–H groups in total. The summed E-state index contributed by atoms with van der Waals surface area (Å²) in [5, 5.41) is 3.41. The van der Waals surface area contributed by atoms with Crippen LogP contribution in [0, 0.1) is 0 Å². The Bertz CT molecular complexity index is 464. The van der Waals surface area contributed by atoms with E-state index in [0.717, 1.165) is 38.3 Å². The van der Waals surface area contributed by atoms with Crippen molar-refractivity contribution in [3.05, 3.63) is 29.3 Å². The van der Waals surface area contributed by atoms with E-state index < -0.39 is 0 Å². The third-order valence-corrected chi connectivity index (χ3v) is 4.28. The molecule has 1 aromatic carbocycles. The lowest BCUT2D eigenvalue weighted by atomic mass is 9.99. The zero-order valence-electron chi connectivity index (χ0n) is 12.2. The van der Waals surface area contributed by atoms with Gasteiger partial charge in [0.25, 0.3) is 0 Å². The average Bonchev–Trinajstić information content (AvgIpc) is 2.71. The van der Waals surface area contributed by atoms with Crippen LogP contribution in [0.25, 0.3) is 0 Å². The third-order valence-electron chi connectivity index (χ3n) is 4.28. The van der Waals surface area contributed by atoms with Crippen LogP contribution in [0.4, 0.5) is 0 Å². The molecule has 0 spiro atoms. The Morgan fingerprint density at radius 2 is 2.00 bits per heavy atom. The van der Waals surface area contributed by atoms with Gasteiger partial charge in [-0.05, 0) is 38.0 Å². The highest BCUT2D eigenvalue weighted by Gasteiger charge is 2.30. The van der Waals surface area contributed by atoms with Crippen molar-refractivity contribution in [3.8, 4) is 5.75 Å². The summed E-state index contributed by atoms with van der Waals surface area (Å²) < 4.78 is 6.04. The van der Waals surface area contributed by atoms with E-state index in [9.17, 15) is 0 Å². The SMILES string of the molecule is CC(c1ccc2c(c1)OC(C)(C)C2)N1CCNCC1. The van der Waals surface area contributed by atoms with Gasteiger partial charge in [-0.15, -0.1) is 0 Å². The van der Waals surface area contributed by atoms with E-state index >= 15 is 0 Å². The van der Waals surface area contributed by atoms with E-state index in [4.69, 9.17) is 4.74 Å². The lowest BCUT2D eigenvalue weighted by molar-refractivity contribution is 0.138. The summed E-state index contributed by atoms with van der Waals surface area (Å²) in [5.74, 6) is 1.09. The number of hydrogen-bond donors (Lipinski definition) is 1. The van der Waals surface area contributed by atoms with Crippen LogP contribution in [0.1, 0.15) is 37.9 Å². The van der Waals surface area contributed by atoms with Crippen LogP contribution < -0.4 is 10.1 Å². The summed E-state index contributed by atoms with van der Waals surface area (Å²) in [7, 11) is 0. The predicted molar refractivity (Wildman–Crippen MR) is 77.7 cm³/mol. The van der Waals surface area contributed by atoms with E-state index in [-0.39, 0.29) is 5.60 Å². The second kappa shape index (κ2) is 4.80. The molecule has 3 heteroatoms. The first-order valence-corrected chi connectivity index (χ1v) is 7.32. The molecule has 104 valence electrons. The molecule has 3 rings (SSSR count). The second-order valence-corrected chi connectivity index (χ2v) is 6.37. The van der Waals surface area contributed by atoms with Gasteiger partial charge in [0.1, 0.15) is 11.4 Å². The molecular formula is C16H24N2O. The van der Waals surface area contributed by atoms with Gasteiger partial charge in [0, 0.05) is 38.6 Å². The fourth-order valence-corrected chi connectivity index (χ4v) is 3.14. The molecule has 1 atom stereocenters. The highest BCUT2D eigenvalue weighted by atomic mass is 16.5. The molecule has 3 nitrogen and oxygen atoms in total. The van der Waals surface area contributed by atoms with Gasteiger partial charge in [0.2, 0.25) is 0 Å². The predicted octanol–water partition coefficient (Wildman–Crippen LogP) is 2.37. The zero-order chi connectivity index (χ0) is 13.5. The Balaban J connectivity index is 1.79. The van der Waals surface area contributed by atoms with Crippen molar-refractivity contribution in [2.45, 2.75) is 38.8 Å². The molecule has 1 aromatic rings. The van der Waals surface area contributed by atoms with Crippen LogP contribution in [0.15, 0.2) is 18.2 Å². The van der Waals surface area contributed by atoms with Crippen molar-refractivity contribution in [2.24, 2.45) is 0 Å². The van der Waals surface area contributed by atoms with Crippen LogP contribution in [-0.4, -0.2) is 36.7 Å². The number of nitrogens with zero attached hydrogens (tertiary/aromatic N) is 1. The second-order valence-electron chi connectivity index (χ2n) is 6.37. The van der Waals surface area contributed by atoms with Crippen LogP contribution >= 0.6 is 0 Å². The fourth-order valence-electron chi connectivity index (χ4n) is 3.14. The van der Waals surface area contributed by atoms with Gasteiger partial charge in [0.05, 0.1) is 0 Å². The van der Waals surface area contributed by atoms with Crippen molar-refractivity contribution in [1.82, 2.24) is 10.2 Å². The maximum Gasteiger partial charge on any atom is 0.123 e. The largest absolute Gasteiger partial charge is 0.487 e. The molecule has 2 aliphatic rings. The first kappa shape index (κ1) is 12.9. The monoisotopic (exact) mass is 260 g/mol. The molecule has 0 saturated carbocycles. The van der Waals surface area contributed by atoms with Gasteiger partial charge in [0.15, 0.2) is 0 Å². The molecular weight excluding hydrogens is 236 g/mol. The number of benzene rings is 1. The van der Waals surface area contributed by atoms with E-state index in [1.807, 2.05) is 0 Å². The van der Waals surface area contributed by atoms with Crippen molar-refractivity contribution in [2.75, 3.05) is 26.2 Å². The molecule has 2 heterocycles. The van der Waals surface area contributed by atoms with Gasteiger partial charge in [-0.2, -0.15) is 0 Å². The van der Waals surface area contributed by atoms with Crippen molar-refractivity contribution >= 4 is 0 Å². The minimum Gasteiger partial charge on any atom is -0.487 e. The number of piperazine rings is 1. The Kier molecular flexibility index (Phi) is 3.27. The van der Waals surface area contributed by atoms with Gasteiger partial charge >= 0.3 is 0 Å². The molecule has 0 aliphatic carbocycles. The highest BCUT2D eigenvalue weighted by molar-refractivity contribution is 5.42. The van der Waals surface area contributed by atoms with Crippen LogP contribution in [0.2, 0.25) is 0 Å². The standard InChI is InChI=1S/C16H24N2O/c1-12(18-8-6-17-7-9-18)13-4-5-14-11-16(2,3)19-15(14)10-13/h4-5,10,12,17H,6-9,11H2,1-3H3. The number of nitrogens with one attached hydrogen (secondary N) is 1. The topological polar surface area (TPSA) is 24.5 Å². The molecule has 1 saturated heterocycles. The van der Waals surface area contributed by atoms with E-state index in [1.54, 1.807) is 0 Å². The van der Waals surface area contributed by atoms with Crippen LogP contribution in [0.5, 0.6) is 5.75 Å². The lowest BCUT2D eigenvalue weighted by Crippen LogP contribution is -2.44. The Morgan fingerprint density at radius 3 is 2.74 bits per heavy atom. The zero-order valence-corrected chi connectivity index (χ0v) is 12.2. The number of rotatable bonds is 2. The Hall–Kier alpha value is -1.06. The summed E-state index contributed by atoms with van der Waals surface area (Å²) in [6.07, 6.45) is 1.02. The van der Waals surface area contributed by atoms with Crippen LogP contribution in [0.3, 0.4) is 0 Å². The molecule has 0 amide bonds. The number of hydrogen-bond acceptors (Lipinski definition) is 3. The van der Waals surface area contributed by atoms with Crippen molar-refractivity contribution in [3.63, 3.8) is 0 Å². The van der Waals surface area contributed by atoms with Crippen molar-refractivity contribution < 1.29 is 4.74 Å². The number of fused-ring (bicyclic) bond motifs is 1. The average molecular weight is 260 g/mol. The maximum absolute atomic E-state index is 6.04. The summed E-state index contributed by atoms with van der Waals surface area (Å²) in [6.45, 7) is 11.1. The van der Waals surface area contributed by atoms with Crippen LogP contribution in [-0.2, 0) is 6.42 Å². The first-order valence-electron chi connectivity index (χ1n) is 7.32. The molecule has 0 radical (unpaired) electrons.